The number of aromatic hydroxyl groups is 1. The van der Waals surface area contributed by atoms with E-state index in [1.165, 1.54) is 0 Å². The maximum Gasteiger partial charge on any atom is 0.150 e. The molecule has 0 amide bonds. The molecule has 0 aliphatic heterocycles. The average molecular weight is 261 g/mol. The standard InChI is InChI=1S/C16H11N3O/c17-9-16(19-11-5-7-12(20)8-6-11)14-10-18-15-4-2-1-3-13(14)15/h1-8,10,18,20H. The van der Waals surface area contributed by atoms with Crippen molar-refractivity contribution in [3.63, 3.8) is 0 Å². The normalized spacial score (nSPS) is 11.4. The molecule has 2 N–H and O–H groups in total. The zero-order valence-electron chi connectivity index (χ0n) is 10.5. The number of nitrogens with zero attached hydrogens (tertiary/aromatic N) is 2. The monoisotopic (exact) mass is 261 g/mol. The Morgan fingerprint density at radius 2 is 1.85 bits per heavy atom. The minimum Gasteiger partial charge on any atom is -0.508 e. The van der Waals surface area contributed by atoms with E-state index in [4.69, 9.17) is 0 Å². The van der Waals surface area contributed by atoms with Gasteiger partial charge in [-0.05, 0) is 30.3 Å². The lowest BCUT2D eigenvalue weighted by Gasteiger charge is -1.98. The number of hydrogen-bond donors (Lipinski definition) is 2. The van der Waals surface area contributed by atoms with E-state index < -0.39 is 0 Å². The third-order valence-corrected chi connectivity index (χ3v) is 3.04. The maximum absolute atomic E-state index is 9.33. The first kappa shape index (κ1) is 12.0. The summed E-state index contributed by atoms with van der Waals surface area (Å²) in [5, 5.41) is 19.5. The summed E-state index contributed by atoms with van der Waals surface area (Å²) in [7, 11) is 0. The van der Waals surface area contributed by atoms with Crippen molar-refractivity contribution in [2.75, 3.05) is 0 Å². The Labute approximate surface area is 115 Å². The predicted molar refractivity (Wildman–Crippen MR) is 78.2 cm³/mol. The molecule has 4 nitrogen and oxygen atoms in total. The number of aromatic amines is 1. The molecule has 0 aliphatic carbocycles. The summed E-state index contributed by atoms with van der Waals surface area (Å²) in [4.78, 5) is 7.46. The van der Waals surface area contributed by atoms with Gasteiger partial charge in [0.05, 0.1) is 5.69 Å². The SMILES string of the molecule is N#CC(=Nc1ccc(O)cc1)c1c[nH]c2ccccc12. The molecule has 4 heteroatoms. The molecule has 0 spiro atoms. The van der Waals surface area contributed by atoms with Gasteiger partial charge < -0.3 is 10.1 Å². The number of para-hydroxylation sites is 1. The highest BCUT2D eigenvalue weighted by atomic mass is 16.3. The van der Waals surface area contributed by atoms with Gasteiger partial charge in [0, 0.05) is 22.7 Å². The van der Waals surface area contributed by atoms with E-state index in [1.807, 2.05) is 24.3 Å². The van der Waals surface area contributed by atoms with Gasteiger partial charge in [-0.15, -0.1) is 0 Å². The Kier molecular flexibility index (Phi) is 2.94. The van der Waals surface area contributed by atoms with Crippen LogP contribution in [0.1, 0.15) is 5.56 Å². The highest BCUT2D eigenvalue weighted by Gasteiger charge is 2.09. The van der Waals surface area contributed by atoms with Crippen LogP contribution >= 0.6 is 0 Å². The fourth-order valence-electron chi connectivity index (χ4n) is 2.07. The second-order valence-corrected chi connectivity index (χ2v) is 4.34. The Balaban J connectivity index is 2.10. The summed E-state index contributed by atoms with van der Waals surface area (Å²) < 4.78 is 0. The van der Waals surface area contributed by atoms with Gasteiger partial charge in [-0.2, -0.15) is 5.26 Å². The molecule has 3 aromatic rings. The molecule has 0 aliphatic rings. The van der Waals surface area contributed by atoms with Crippen molar-refractivity contribution >= 4 is 22.3 Å². The number of rotatable bonds is 2. The maximum atomic E-state index is 9.33. The summed E-state index contributed by atoms with van der Waals surface area (Å²) in [5.41, 5.74) is 2.71. The molecule has 2 aromatic carbocycles. The molecule has 96 valence electrons. The smallest absolute Gasteiger partial charge is 0.150 e. The van der Waals surface area contributed by atoms with Crippen LogP contribution in [0.4, 0.5) is 5.69 Å². The summed E-state index contributed by atoms with van der Waals surface area (Å²) >= 11 is 0. The van der Waals surface area contributed by atoms with Crippen LogP contribution in [0.25, 0.3) is 10.9 Å². The van der Waals surface area contributed by atoms with Gasteiger partial charge >= 0.3 is 0 Å². The summed E-state index contributed by atoms with van der Waals surface area (Å²) in [6, 6.07) is 16.3. The van der Waals surface area contributed by atoms with E-state index in [9.17, 15) is 10.4 Å². The average Bonchev–Trinajstić information content (AvgIpc) is 2.91. The van der Waals surface area contributed by atoms with Crippen LogP contribution in [0.15, 0.2) is 59.7 Å². The first-order chi connectivity index (χ1) is 9.78. The number of benzene rings is 2. The van der Waals surface area contributed by atoms with E-state index in [1.54, 1.807) is 30.5 Å². The fraction of sp³-hybridized carbons (Fsp3) is 0. The molecule has 0 saturated heterocycles. The number of H-pyrrole nitrogens is 1. The van der Waals surface area contributed by atoms with Crippen LogP contribution in [0.2, 0.25) is 0 Å². The van der Waals surface area contributed by atoms with Crippen molar-refractivity contribution in [3.8, 4) is 11.8 Å². The molecule has 0 bridgehead atoms. The number of phenols is 1. The molecular weight excluding hydrogens is 250 g/mol. The first-order valence-corrected chi connectivity index (χ1v) is 6.12. The van der Waals surface area contributed by atoms with E-state index >= 15 is 0 Å². The first-order valence-electron chi connectivity index (χ1n) is 6.12. The van der Waals surface area contributed by atoms with Crippen LogP contribution in [-0.2, 0) is 0 Å². The van der Waals surface area contributed by atoms with Crippen molar-refractivity contribution < 1.29 is 5.11 Å². The van der Waals surface area contributed by atoms with Gasteiger partial charge in [-0.1, -0.05) is 18.2 Å². The molecule has 1 aromatic heterocycles. The lowest BCUT2D eigenvalue weighted by Crippen LogP contribution is -1.94. The Morgan fingerprint density at radius 3 is 2.60 bits per heavy atom. The van der Waals surface area contributed by atoms with Gasteiger partial charge in [0.25, 0.3) is 0 Å². The van der Waals surface area contributed by atoms with Crippen molar-refractivity contribution in [3.05, 3.63) is 60.3 Å². The second kappa shape index (κ2) is 4.90. The zero-order chi connectivity index (χ0) is 13.9. The second-order valence-electron chi connectivity index (χ2n) is 4.34. The molecule has 20 heavy (non-hydrogen) atoms. The molecule has 0 unspecified atom stereocenters. The molecule has 0 fully saturated rings. The molecule has 3 rings (SSSR count). The van der Waals surface area contributed by atoms with Crippen molar-refractivity contribution in [1.82, 2.24) is 4.98 Å². The number of nitriles is 1. The van der Waals surface area contributed by atoms with Gasteiger partial charge in [-0.3, -0.25) is 0 Å². The van der Waals surface area contributed by atoms with Gasteiger partial charge in [0.2, 0.25) is 0 Å². The van der Waals surface area contributed by atoms with Crippen LogP contribution in [0.5, 0.6) is 5.75 Å². The predicted octanol–water partition coefficient (Wildman–Crippen LogP) is 3.52. The summed E-state index contributed by atoms with van der Waals surface area (Å²) in [5.74, 6) is 0.176. The fourth-order valence-corrected chi connectivity index (χ4v) is 2.07. The Morgan fingerprint density at radius 1 is 1.10 bits per heavy atom. The number of phenolic OH excluding ortho intramolecular Hbond substituents is 1. The van der Waals surface area contributed by atoms with Gasteiger partial charge in [-0.25, -0.2) is 4.99 Å². The lowest BCUT2D eigenvalue weighted by atomic mass is 10.1. The molecular formula is C16H11N3O. The molecule has 0 saturated carbocycles. The largest absolute Gasteiger partial charge is 0.508 e. The van der Waals surface area contributed by atoms with E-state index in [-0.39, 0.29) is 5.75 Å². The zero-order valence-corrected chi connectivity index (χ0v) is 10.5. The summed E-state index contributed by atoms with van der Waals surface area (Å²) in [6.45, 7) is 0. The van der Waals surface area contributed by atoms with Gasteiger partial charge in [0.1, 0.15) is 11.8 Å². The topological polar surface area (TPSA) is 72.2 Å². The van der Waals surface area contributed by atoms with Crippen molar-refractivity contribution in [2.24, 2.45) is 4.99 Å². The molecule has 1 heterocycles. The van der Waals surface area contributed by atoms with Crippen LogP contribution in [0, 0.1) is 11.3 Å². The number of hydrogen-bond acceptors (Lipinski definition) is 3. The van der Waals surface area contributed by atoms with Crippen LogP contribution in [0.3, 0.4) is 0 Å². The number of aromatic nitrogens is 1. The quantitative estimate of drug-likeness (QED) is 0.693. The van der Waals surface area contributed by atoms with Gasteiger partial charge in [0.15, 0.2) is 5.71 Å². The number of nitrogens with one attached hydrogen (secondary N) is 1. The van der Waals surface area contributed by atoms with Crippen molar-refractivity contribution in [2.45, 2.75) is 0 Å². The Hall–Kier alpha value is -3.06. The third-order valence-electron chi connectivity index (χ3n) is 3.04. The van der Waals surface area contributed by atoms with E-state index in [2.05, 4.69) is 16.0 Å². The van der Waals surface area contributed by atoms with Crippen LogP contribution in [-0.4, -0.2) is 15.8 Å². The lowest BCUT2D eigenvalue weighted by molar-refractivity contribution is 0.475. The van der Waals surface area contributed by atoms with Crippen LogP contribution < -0.4 is 0 Å². The van der Waals surface area contributed by atoms with Crippen molar-refractivity contribution in [1.29, 1.82) is 5.26 Å². The minimum absolute atomic E-state index is 0.176. The molecule has 0 atom stereocenters. The van der Waals surface area contributed by atoms with E-state index in [0.717, 1.165) is 16.5 Å². The molecule has 0 radical (unpaired) electrons. The van der Waals surface area contributed by atoms with E-state index in [0.29, 0.717) is 11.4 Å². The highest BCUT2D eigenvalue weighted by Crippen LogP contribution is 2.22. The Bertz CT molecular complexity index is 823. The highest BCUT2D eigenvalue weighted by molar-refractivity contribution is 6.19. The number of aliphatic imine (C=N–C) groups is 1. The third kappa shape index (κ3) is 2.13. The summed E-state index contributed by atoms with van der Waals surface area (Å²) in [6.07, 6.45) is 1.78. The minimum atomic E-state index is 0.176. The number of fused-ring (bicyclic) bond motifs is 1.